The SMILES string of the molecule is COCCCNC(=O)/C(C#N)=C/c1cc(C)c(OC(F)F)c(C)c1. The summed E-state index contributed by atoms with van der Waals surface area (Å²) in [7, 11) is 1.56. The lowest BCUT2D eigenvalue weighted by molar-refractivity contribution is -0.117. The van der Waals surface area contributed by atoms with Crippen molar-refractivity contribution in [3.05, 3.63) is 34.4 Å². The fourth-order valence-electron chi connectivity index (χ4n) is 2.17. The van der Waals surface area contributed by atoms with Gasteiger partial charge in [0.05, 0.1) is 0 Å². The van der Waals surface area contributed by atoms with E-state index >= 15 is 0 Å². The zero-order valence-corrected chi connectivity index (χ0v) is 13.9. The molecule has 7 heteroatoms. The van der Waals surface area contributed by atoms with Crippen LogP contribution in [-0.2, 0) is 9.53 Å². The first-order valence-corrected chi connectivity index (χ1v) is 7.34. The van der Waals surface area contributed by atoms with Crippen LogP contribution in [0.1, 0.15) is 23.1 Å². The highest BCUT2D eigenvalue weighted by Gasteiger charge is 2.13. The second kappa shape index (κ2) is 9.63. The first-order chi connectivity index (χ1) is 11.4. The van der Waals surface area contributed by atoms with Crippen molar-refractivity contribution in [2.24, 2.45) is 0 Å². The molecule has 0 aliphatic heterocycles. The quantitative estimate of drug-likeness (QED) is 0.449. The molecule has 5 nitrogen and oxygen atoms in total. The van der Waals surface area contributed by atoms with Gasteiger partial charge in [-0.1, -0.05) is 0 Å². The smallest absolute Gasteiger partial charge is 0.387 e. The van der Waals surface area contributed by atoms with Crippen LogP contribution >= 0.6 is 0 Å². The van der Waals surface area contributed by atoms with Crippen molar-refractivity contribution < 1.29 is 23.0 Å². The average Bonchev–Trinajstić information content (AvgIpc) is 2.52. The molecule has 0 saturated carbocycles. The van der Waals surface area contributed by atoms with Crippen LogP contribution in [0.25, 0.3) is 6.08 Å². The number of aryl methyl sites for hydroxylation is 2. The summed E-state index contributed by atoms with van der Waals surface area (Å²) >= 11 is 0. The van der Waals surface area contributed by atoms with E-state index in [1.54, 1.807) is 33.1 Å². The van der Waals surface area contributed by atoms with E-state index < -0.39 is 12.5 Å². The Morgan fingerprint density at radius 2 is 2.00 bits per heavy atom. The van der Waals surface area contributed by atoms with E-state index in [9.17, 15) is 13.6 Å². The highest BCUT2D eigenvalue weighted by atomic mass is 19.3. The van der Waals surface area contributed by atoms with Gasteiger partial charge in [-0.05, 0) is 55.2 Å². The third kappa shape index (κ3) is 5.97. The van der Waals surface area contributed by atoms with Gasteiger partial charge in [-0.25, -0.2) is 0 Å². The van der Waals surface area contributed by atoms with Crippen molar-refractivity contribution in [1.82, 2.24) is 5.32 Å². The molecule has 0 aliphatic carbocycles. The number of nitrogens with one attached hydrogen (secondary N) is 1. The largest absolute Gasteiger partial charge is 0.434 e. The molecule has 0 unspecified atom stereocenters. The van der Waals surface area contributed by atoms with E-state index in [4.69, 9.17) is 10.00 Å². The maximum absolute atomic E-state index is 12.4. The fraction of sp³-hybridized carbons (Fsp3) is 0.412. The van der Waals surface area contributed by atoms with E-state index in [-0.39, 0.29) is 11.3 Å². The second-order valence-electron chi connectivity index (χ2n) is 5.13. The summed E-state index contributed by atoms with van der Waals surface area (Å²) in [6.07, 6.45) is 2.05. The van der Waals surface area contributed by atoms with Crippen LogP contribution in [0.5, 0.6) is 5.75 Å². The summed E-state index contributed by atoms with van der Waals surface area (Å²) in [6, 6.07) is 5.01. The molecule has 130 valence electrons. The fourth-order valence-corrected chi connectivity index (χ4v) is 2.17. The highest BCUT2D eigenvalue weighted by molar-refractivity contribution is 6.01. The Balaban J connectivity index is 2.93. The maximum atomic E-state index is 12.4. The van der Waals surface area contributed by atoms with Gasteiger partial charge >= 0.3 is 6.61 Å². The van der Waals surface area contributed by atoms with Crippen molar-refractivity contribution >= 4 is 12.0 Å². The topological polar surface area (TPSA) is 71.3 Å². The summed E-state index contributed by atoms with van der Waals surface area (Å²) in [4.78, 5) is 12.0. The number of carbonyl (C=O) groups excluding carboxylic acids is 1. The van der Waals surface area contributed by atoms with Crippen molar-refractivity contribution in [3.8, 4) is 11.8 Å². The van der Waals surface area contributed by atoms with Gasteiger partial charge in [0.25, 0.3) is 5.91 Å². The van der Waals surface area contributed by atoms with Gasteiger partial charge in [-0.3, -0.25) is 4.79 Å². The third-order valence-electron chi connectivity index (χ3n) is 3.18. The number of ether oxygens (including phenoxy) is 2. The minimum Gasteiger partial charge on any atom is -0.434 e. The van der Waals surface area contributed by atoms with Crippen LogP contribution in [0, 0.1) is 25.2 Å². The number of nitrogens with zero attached hydrogens (tertiary/aromatic N) is 1. The van der Waals surface area contributed by atoms with E-state index in [0.717, 1.165) is 0 Å². The number of hydrogen-bond donors (Lipinski definition) is 1. The average molecular weight is 338 g/mol. The van der Waals surface area contributed by atoms with Gasteiger partial charge in [0.1, 0.15) is 17.4 Å². The lowest BCUT2D eigenvalue weighted by Gasteiger charge is -2.12. The number of nitriles is 1. The van der Waals surface area contributed by atoms with E-state index in [2.05, 4.69) is 10.1 Å². The molecule has 1 rings (SSSR count). The molecule has 0 bridgehead atoms. The number of hydrogen-bond acceptors (Lipinski definition) is 4. The Bertz CT molecular complexity index is 629. The Kier molecular flexibility index (Phi) is 7.86. The molecule has 24 heavy (non-hydrogen) atoms. The molecular formula is C17H20F2N2O3. The molecule has 0 spiro atoms. The van der Waals surface area contributed by atoms with Crippen LogP contribution in [0.15, 0.2) is 17.7 Å². The molecule has 0 aliphatic rings. The molecule has 0 fully saturated rings. The lowest BCUT2D eigenvalue weighted by atomic mass is 10.0. The van der Waals surface area contributed by atoms with Crippen molar-refractivity contribution in [2.45, 2.75) is 26.9 Å². The molecule has 0 heterocycles. The molecule has 1 N–H and O–H groups in total. The normalized spacial score (nSPS) is 11.3. The Morgan fingerprint density at radius 1 is 1.38 bits per heavy atom. The Morgan fingerprint density at radius 3 is 2.50 bits per heavy atom. The first-order valence-electron chi connectivity index (χ1n) is 7.34. The molecule has 0 aromatic heterocycles. The molecule has 0 atom stereocenters. The van der Waals surface area contributed by atoms with Gasteiger partial charge in [-0.2, -0.15) is 14.0 Å². The predicted octanol–water partition coefficient (Wildman–Crippen LogP) is 2.96. The number of methoxy groups -OCH3 is 1. The number of carbonyl (C=O) groups is 1. The summed E-state index contributed by atoms with van der Waals surface area (Å²) in [6.45, 7) is 1.25. The van der Waals surface area contributed by atoms with E-state index in [0.29, 0.717) is 36.3 Å². The summed E-state index contributed by atoms with van der Waals surface area (Å²) in [5, 5.41) is 11.8. The zero-order chi connectivity index (χ0) is 18.1. The van der Waals surface area contributed by atoms with Crippen molar-refractivity contribution in [3.63, 3.8) is 0 Å². The van der Waals surface area contributed by atoms with Crippen LogP contribution in [0.3, 0.4) is 0 Å². The molecule has 1 aromatic rings. The van der Waals surface area contributed by atoms with Gasteiger partial charge in [0, 0.05) is 20.3 Å². The minimum atomic E-state index is -2.91. The number of halogens is 2. The summed E-state index contributed by atoms with van der Waals surface area (Å²) in [5.74, 6) is -0.388. The summed E-state index contributed by atoms with van der Waals surface area (Å²) < 4.78 is 34.1. The summed E-state index contributed by atoms with van der Waals surface area (Å²) in [5.41, 5.74) is 1.50. The highest BCUT2D eigenvalue weighted by Crippen LogP contribution is 2.27. The van der Waals surface area contributed by atoms with E-state index in [1.165, 1.54) is 6.08 Å². The van der Waals surface area contributed by atoms with Crippen molar-refractivity contribution in [2.75, 3.05) is 20.3 Å². The van der Waals surface area contributed by atoms with Crippen LogP contribution < -0.4 is 10.1 Å². The van der Waals surface area contributed by atoms with E-state index in [1.807, 2.05) is 6.07 Å². The first kappa shape index (κ1) is 19.6. The van der Waals surface area contributed by atoms with Crippen LogP contribution in [0.4, 0.5) is 8.78 Å². The molecule has 0 saturated heterocycles. The van der Waals surface area contributed by atoms with Gasteiger partial charge in [0.2, 0.25) is 0 Å². The zero-order valence-electron chi connectivity index (χ0n) is 13.9. The van der Waals surface area contributed by atoms with Crippen molar-refractivity contribution in [1.29, 1.82) is 5.26 Å². The molecular weight excluding hydrogens is 318 g/mol. The monoisotopic (exact) mass is 338 g/mol. The molecule has 1 amide bonds. The minimum absolute atomic E-state index is 0.0613. The number of rotatable bonds is 8. The Hall–Kier alpha value is -2.46. The second-order valence-corrected chi connectivity index (χ2v) is 5.13. The lowest BCUT2D eigenvalue weighted by Crippen LogP contribution is -2.26. The van der Waals surface area contributed by atoms with Gasteiger partial charge in [-0.15, -0.1) is 0 Å². The standard InChI is InChI=1S/C17H20F2N2O3/c1-11-7-13(8-12(2)15(11)24-17(18)19)9-14(10-20)16(22)21-5-4-6-23-3/h7-9,17H,4-6H2,1-3H3,(H,21,22)/b14-9+. The number of alkyl halides is 2. The third-order valence-corrected chi connectivity index (χ3v) is 3.18. The molecule has 0 radical (unpaired) electrons. The van der Waals surface area contributed by atoms with Gasteiger partial charge in [0.15, 0.2) is 0 Å². The number of amides is 1. The van der Waals surface area contributed by atoms with Crippen LogP contribution in [-0.4, -0.2) is 32.8 Å². The maximum Gasteiger partial charge on any atom is 0.387 e. The van der Waals surface area contributed by atoms with Crippen LogP contribution in [0.2, 0.25) is 0 Å². The number of benzene rings is 1. The predicted molar refractivity (Wildman–Crippen MR) is 85.6 cm³/mol. The van der Waals surface area contributed by atoms with Gasteiger partial charge < -0.3 is 14.8 Å². The Labute approximate surface area is 139 Å². The molecule has 1 aromatic carbocycles.